The Balaban J connectivity index is 2.59. The summed E-state index contributed by atoms with van der Waals surface area (Å²) in [5, 5.41) is 3.32. The van der Waals surface area contributed by atoms with Crippen molar-refractivity contribution < 1.29 is 4.79 Å². The molecule has 0 unspecified atom stereocenters. The summed E-state index contributed by atoms with van der Waals surface area (Å²) in [4.78, 5) is 17.5. The molecule has 6 heteroatoms. The summed E-state index contributed by atoms with van der Waals surface area (Å²) in [6.07, 6.45) is 1.51. The van der Waals surface area contributed by atoms with E-state index in [0.29, 0.717) is 29.0 Å². The summed E-state index contributed by atoms with van der Waals surface area (Å²) >= 11 is 5.77. The Labute approximate surface area is 112 Å². The van der Waals surface area contributed by atoms with Gasteiger partial charge in [0.2, 0.25) is 5.91 Å². The number of hydrogen-bond acceptors (Lipinski definition) is 4. The Morgan fingerprint density at radius 1 is 1.61 bits per heavy atom. The summed E-state index contributed by atoms with van der Waals surface area (Å²) in [7, 11) is 1.77. The maximum atomic E-state index is 11.7. The van der Waals surface area contributed by atoms with Crippen LogP contribution >= 0.6 is 11.6 Å². The number of carbonyl (C=O) groups is 1. The van der Waals surface area contributed by atoms with Crippen LogP contribution in [0.5, 0.6) is 0 Å². The molecule has 100 valence electrons. The summed E-state index contributed by atoms with van der Waals surface area (Å²) in [5.41, 5.74) is 6.26. The van der Waals surface area contributed by atoms with Gasteiger partial charge in [0.15, 0.2) is 5.82 Å². The molecule has 0 saturated heterocycles. The third-order valence-corrected chi connectivity index (χ3v) is 2.52. The molecule has 0 aliphatic heterocycles. The number of hydrogen-bond donors (Lipinski definition) is 2. The molecule has 0 aliphatic carbocycles. The molecule has 0 bridgehead atoms. The summed E-state index contributed by atoms with van der Waals surface area (Å²) in [6.45, 7) is 4.97. The molecule has 1 heterocycles. The van der Waals surface area contributed by atoms with E-state index >= 15 is 0 Å². The average molecular weight is 271 g/mol. The molecular formula is C12H19ClN4O. The van der Waals surface area contributed by atoms with Crippen LogP contribution in [0.1, 0.15) is 13.8 Å². The number of pyridine rings is 1. The van der Waals surface area contributed by atoms with Crippen molar-refractivity contribution in [3.63, 3.8) is 0 Å². The van der Waals surface area contributed by atoms with Gasteiger partial charge >= 0.3 is 0 Å². The number of carbonyl (C=O) groups excluding carboxylic acids is 1. The fraction of sp³-hybridized carbons (Fsp3) is 0.500. The molecule has 18 heavy (non-hydrogen) atoms. The van der Waals surface area contributed by atoms with Crippen molar-refractivity contribution in [2.45, 2.75) is 13.8 Å². The van der Waals surface area contributed by atoms with Gasteiger partial charge in [-0.2, -0.15) is 0 Å². The van der Waals surface area contributed by atoms with Crippen molar-refractivity contribution in [3.8, 4) is 0 Å². The van der Waals surface area contributed by atoms with Crippen molar-refractivity contribution in [1.29, 1.82) is 0 Å². The maximum Gasteiger partial charge on any atom is 0.239 e. The second-order valence-electron chi connectivity index (χ2n) is 4.62. The van der Waals surface area contributed by atoms with Gasteiger partial charge in [-0.05, 0) is 12.0 Å². The zero-order valence-electron chi connectivity index (χ0n) is 10.9. The monoisotopic (exact) mass is 270 g/mol. The number of nitrogen functional groups attached to an aromatic ring is 1. The number of likely N-dealkylation sites (N-methyl/N-ethyl adjacent to an activating group) is 1. The highest BCUT2D eigenvalue weighted by atomic mass is 35.5. The number of nitrogens with zero attached hydrogens (tertiary/aromatic N) is 2. The van der Waals surface area contributed by atoms with Crippen LogP contribution in [-0.2, 0) is 4.79 Å². The van der Waals surface area contributed by atoms with Crippen LogP contribution in [0.3, 0.4) is 0 Å². The summed E-state index contributed by atoms with van der Waals surface area (Å²) in [6, 6.07) is 1.62. The van der Waals surface area contributed by atoms with E-state index in [9.17, 15) is 4.79 Å². The number of amides is 1. The largest absolute Gasteiger partial charge is 0.396 e. The van der Waals surface area contributed by atoms with Crippen LogP contribution in [0.4, 0.5) is 11.5 Å². The smallest absolute Gasteiger partial charge is 0.239 e. The molecule has 3 N–H and O–H groups in total. The van der Waals surface area contributed by atoms with Crippen LogP contribution in [0.25, 0.3) is 0 Å². The van der Waals surface area contributed by atoms with Crippen LogP contribution in [-0.4, -0.2) is 31.0 Å². The van der Waals surface area contributed by atoms with Crippen LogP contribution in [0.15, 0.2) is 12.3 Å². The number of aromatic nitrogens is 1. The normalized spacial score (nSPS) is 10.5. The summed E-state index contributed by atoms with van der Waals surface area (Å²) in [5.74, 6) is 0.930. The van der Waals surface area contributed by atoms with Gasteiger partial charge in [-0.3, -0.25) is 4.79 Å². The van der Waals surface area contributed by atoms with Crippen molar-refractivity contribution in [1.82, 2.24) is 10.3 Å². The number of nitrogens with one attached hydrogen (secondary N) is 1. The predicted octanol–water partition coefficient (Wildman–Crippen LogP) is 1.53. The molecule has 1 aromatic heterocycles. The first-order chi connectivity index (χ1) is 8.40. The van der Waals surface area contributed by atoms with Gasteiger partial charge in [0.05, 0.1) is 17.3 Å². The highest BCUT2D eigenvalue weighted by Gasteiger charge is 2.11. The maximum absolute atomic E-state index is 11.7. The molecule has 1 aromatic rings. The van der Waals surface area contributed by atoms with Gasteiger partial charge in [-0.25, -0.2) is 4.98 Å². The zero-order valence-corrected chi connectivity index (χ0v) is 11.7. The Hall–Kier alpha value is -1.49. The molecule has 0 atom stereocenters. The Morgan fingerprint density at radius 3 is 2.83 bits per heavy atom. The van der Waals surface area contributed by atoms with Gasteiger partial charge in [-0.1, -0.05) is 25.4 Å². The summed E-state index contributed by atoms with van der Waals surface area (Å²) < 4.78 is 0. The first-order valence-corrected chi connectivity index (χ1v) is 6.16. The lowest BCUT2D eigenvalue weighted by molar-refractivity contribution is -0.119. The fourth-order valence-corrected chi connectivity index (χ4v) is 1.60. The van der Waals surface area contributed by atoms with E-state index in [2.05, 4.69) is 10.3 Å². The Morgan fingerprint density at radius 2 is 2.28 bits per heavy atom. The van der Waals surface area contributed by atoms with E-state index in [1.165, 1.54) is 6.20 Å². The molecule has 0 aromatic carbocycles. The molecule has 0 radical (unpaired) electrons. The fourth-order valence-electron chi connectivity index (χ4n) is 1.43. The number of rotatable bonds is 5. The molecule has 0 fully saturated rings. The average Bonchev–Trinajstić information content (AvgIpc) is 2.26. The van der Waals surface area contributed by atoms with Gasteiger partial charge in [-0.15, -0.1) is 0 Å². The number of nitrogens with two attached hydrogens (primary N) is 1. The van der Waals surface area contributed by atoms with E-state index in [-0.39, 0.29) is 12.5 Å². The third-order valence-electron chi connectivity index (χ3n) is 2.31. The highest BCUT2D eigenvalue weighted by molar-refractivity contribution is 6.30. The van der Waals surface area contributed by atoms with Crippen molar-refractivity contribution in [2.75, 3.05) is 30.8 Å². The molecule has 1 rings (SSSR count). The van der Waals surface area contributed by atoms with Gasteiger partial charge in [0, 0.05) is 19.8 Å². The first kappa shape index (κ1) is 14.6. The second-order valence-corrected chi connectivity index (χ2v) is 5.06. The lowest BCUT2D eigenvalue weighted by atomic mass is 10.2. The van der Waals surface area contributed by atoms with Crippen molar-refractivity contribution in [2.24, 2.45) is 5.92 Å². The van der Waals surface area contributed by atoms with E-state index in [0.717, 1.165) is 0 Å². The lowest BCUT2D eigenvalue weighted by Gasteiger charge is -2.19. The minimum absolute atomic E-state index is 0.0534. The predicted molar refractivity (Wildman–Crippen MR) is 74.8 cm³/mol. The first-order valence-electron chi connectivity index (χ1n) is 5.79. The second kappa shape index (κ2) is 6.44. The van der Waals surface area contributed by atoms with Gasteiger partial charge in [0.1, 0.15) is 0 Å². The van der Waals surface area contributed by atoms with Crippen molar-refractivity contribution >= 4 is 29.0 Å². The molecule has 0 spiro atoms. The quantitative estimate of drug-likeness (QED) is 0.851. The van der Waals surface area contributed by atoms with Gasteiger partial charge in [0.25, 0.3) is 0 Å². The molecule has 0 saturated carbocycles. The Bertz CT molecular complexity index is 423. The standard InChI is InChI=1S/C12H19ClN4O/c1-8(2)5-15-11(18)7-17(3)12-10(14)4-9(13)6-16-12/h4,6,8H,5,7,14H2,1-3H3,(H,15,18). The van der Waals surface area contributed by atoms with Crippen LogP contribution in [0.2, 0.25) is 5.02 Å². The van der Waals surface area contributed by atoms with E-state index in [4.69, 9.17) is 17.3 Å². The SMILES string of the molecule is CC(C)CNC(=O)CN(C)c1ncc(Cl)cc1N. The third kappa shape index (κ3) is 4.41. The van der Waals surface area contributed by atoms with Crippen LogP contribution < -0.4 is 16.0 Å². The minimum atomic E-state index is -0.0534. The lowest BCUT2D eigenvalue weighted by Crippen LogP contribution is -2.37. The minimum Gasteiger partial charge on any atom is -0.396 e. The molecule has 1 amide bonds. The van der Waals surface area contributed by atoms with E-state index < -0.39 is 0 Å². The topological polar surface area (TPSA) is 71.2 Å². The number of halogens is 1. The van der Waals surface area contributed by atoms with Gasteiger partial charge < -0.3 is 16.0 Å². The number of anilines is 2. The highest BCUT2D eigenvalue weighted by Crippen LogP contribution is 2.21. The van der Waals surface area contributed by atoms with E-state index in [1.807, 2.05) is 13.8 Å². The molecule has 5 nitrogen and oxygen atoms in total. The van der Waals surface area contributed by atoms with Crippen LogP contribution in [0, 0.1) is 5.92 Å². The molecular weight excluding hydrogens is 252 g/mol. The molecule has 0 aliphatic rings. The zero-order chi connectivity index (χ0) is 13.7. The van der Waals surface area contributed by atoms with E-state index in [1.54, 1.807) is 18.0 Å². The van der Waals surface area contributed by atoms with Crippen molar-refractivity contribution in [3.05, 3.63) is 17.3 Å². The Kier molecular flexibility index (Phi) is 5.22.